The quantitative estimate of drug-likeness (QED) is 0.745. The van der Waals surface area contributed by atoms with E-state index in [1.165, 1.54) is 0 Å². The molecule has 0 aromatic heterocycles. The number of piperidine rings is 1. The first-order chi connectivity index (χ1) is 14.1. The molecule has 0 spiro atoms. The summed E-state index contributed by atoms with van der Waals surface area (Å²) < 4.78 is 24.0. The molecule has 1 heterocycles. The first-order valence-electron chi connectivity index (χ1n) is 11.5. The number of nitrogens with zero attached hydrogens (tertiary/aromatic N) is 1. The number of amides is 1. The van der Waals surface area contributed by atoms with Gasteiger partial charge in [-0.2, -0.15) is 0 Å². The summed E-state index contributed by atoms with van der Waals surface area (Å²) in [5.41, 5.74) is 1.39. The van der Waals surface area contributed by atoms with E-state index in [1.54, 1.807) is 19.1 Å². The van der Waals surface area contributed by atoms with Gasteiger partial charge in [-0.3, -0.25) is 4.79 Å². The van der Waals surface area contributed by atoms with Crippen LogP contribution in [0.3, 0.4) is 0 Å². The molecule has 1 amide bonds. The number of nitrogens with one attached hydrogen (secondary N) is 1. The van der Waals surface area contributed by atoms with Crippen LogP contribution >= 0.6 is 0 Å². The van der Waals surface area contributed by atoms with Gasteiger partial charge in [-0.1, -0.05) is 27.7 Å². The Morgan fingerprint density at radius 2 is 1.57 bits per heavy atom. The highest BCUT2D eigenvalue weighted by molar-refractivity contribution is 7.91. The fourth-order valence-electron chi connectivity index (χ4n) is 4.85. The third kappa shape index (κ3) is 5.57. The van der Waals surface area contributed by atoms with Gasteiger partial charge in [0.2, 0.25) is 5.91 Å². The lowest BCUT2D eigenvalue weighted by atomic mass is 9.69. The molecule has 2 aliphatic rings. The summed E-state index contributed by atoms with van der Waals surface area (Å²) >= 11 is 0. The molecule has 6 heteroatoms. The van der Waals surface area contributed by atoms with Crippen molar-refractivity contribution in [1.29, 1.82) is 0 Å². The highest BCUT2D eigenvalue weighted by Crippen LogP contribution is 2.39. The Morgan fingerprint density at radius 3 is 2.07 bits per heavy atom. The third-order valence-corrected chi connectivity index (χ3v) is 8.86. The predicted octanol–water partition coefficient (Wildman–Crippen LogP) is 4.42. The van der Waals surface area contributed by atoms with Gasteiger partial charge >= 0.3 is 0 Å². The molecule has 30 heavy (non-hydrogen) atoms. The molecule has 0 radical (unpaired) electrons. The maximum Gasteiger partial charge on any atom is 0.223 e. The van der Waals surface area contributed by atoms with Crippen molar-refractivity contribution >= 4 is 21.4 Å². The Bertz CT molecular complexity index is 811. The lowest BCUT2D eigenvalue weighted by molar-refractivity contribution is -0.127. The van der Waals surface area contributed by atoms with Gasteiger partial charge in [-0.25, -0.2) is 8.42 Å². The molecule has 168 valence electrons. The first kappa shape index (κ1) is 23.1. The molecular formula is C24H38N2O3S. The molecule has 1 aliphatic heterocycles. The normalized spacial score (nSPS) is 23.9. The number of anilines is 1. The molecule has 0 unspecified atom stereocenters. The van der Waals surface area contributed by atoms with Crippen LogP contribution in [0, 0.1) is 17.3 Å². The Hall–Kier alpha value is -1.56. The second kappa shape index (κ2) is 9.29. The minimum absolute atomic E-state index is 0.120. The highest BCUT2D eigenvalue weighted by atomic mass is 32.2. The van der Waals surface area contributed by atoms with Crippen molar-refractivity contribution in [2.24, 2.45) is 17.3 Å². The van der Waals surface area contributed by atoms with Crippen molar-refractivity contribution in [3.63, 3.8) is 0 Å². The lowest BCUT2D eigenvalue weighted by Crippen LogP contribution is -2.47. The van der Waals surface area contributed by atoms with E-state index in [4.69, 9.17) is 0 Å². The van der Waals surface area contributed by atoms with Crippen LogP contribution in [0.1, 0.15) is 66.2 Å². The molecular weight excluding hydrogens is 396 g/mol. The summed E-state index contributed by atoms with van der Waals surface area (Å²) in [6, 6.07) is 7.45. The molecule has 0 atom stereocenters. The number of benzene rings is 1. The zero-order valence-electron chi connectivity index (χ0n) is 19.0. The van der Waals surface area contributed by atoms with Gasteiger partial charge in [0.15, 0.2) is 9.84 Å². The van der Waals surface area contributed by atoms with Crippen molar-refractivity contribution in [2.75, 3.05) is 23.7 Å². The smallest absolute Gasteiger partial charge is 0.223 e. The predicted molar refractivity (Wildman–Crippen MR) is 122 cm³/mol. The van der Waals surface area contributed by atoms with E-state index in [1.807, 2.05) is 12.1 Å². The highest BCUT2D eigenvalue weighted by Gasteiger charge is 2.33. The number of rotatable bonds is 5. The van der Waals surface area contributed by atoms with E-state index in [-0.39, 0.29) is 23.6 Å². The summed E-state index contributed by atoms with van der Waals surface area (Å²) in [6.45, 7) is 10.3. The van der Waals surface area contributed by atoms with Gasteiger partial charge in [0, 0.05) is 30.7 Å². The second-order valence-corrected chi connectivity index (χ2v) is 12.4. The number of hydrogen-bond donors (Lipinski definition) is 1. The van der Waals surface area contributed by atoms with Crippen LogP contribution in [0.15, 0.2) is 29.2 Å². The van der Waals surface area contributed by atoms with Crippen molar-refractivity contribution in [2.45, 2.75) is 77.2 Å². The van der Waals surface area contributed by atoms with E-state index >= 15 is 0 Å². The Morgan fingerprint density at radius 1 is 1.00 bits per heavy atom. The molecule has 1 saturated heterocycles. The topological polar surface area (TPSA) is 66.5 Å². The zero-order valence-corrected chi connectivity index (χ0v) is 19.8. The maximum atomic E-state index is 12.8. The van der Waals surface area contributed by atoms with Crippen LogP contribution in [-0.2, 0) is 14.6 Å². The van der Waals surface area contributed by atoms with Crippen molar-refractivity contribution in [3.8, 4) is 0 Å². The largest absolute Gasteiger partial charge is 0.371 e. The van der Waals surface area contributed by atoms with E-state index in [0.717, 1.165) is 63.2 Å². The van der Waals surface area contributed by atoms with Gasteiger partial charge < -0.3 is 10.2 Å². The van der Waals surface area contributed by atoms with Gasteiger partial charge in [-0.05, 0) is 74.1 Å². The minimum atomic E-state index is -3.16. The average Bonchev–Trinajstić information content (AvgIpc) is 2.74. The summed E-state index contributed by atoms with van der Waals surface area (Å²) in [5, 5.41) is 3.31. The molecule has 2 fully saturated rings. The summed E-state index contributed by atoms with van der Waals surface area (Å²) in [6.07, 6.45) is 6.20. The van der Waals surface area contributed by atoms with E-state index in [9.17, 15) is 13.2 Å². The molecule has 0 bridgehead atoms. The van der Waals surface area contributed by atoms with Gasteiger partial charge in [-0.15, -0.1) is 0 Å². The number of hydrogen-bond acceptors (Lipinski definition) is 4. The summed E-state index contributed by atoms with van der Waals surface area (Å²) in [7, 11) is -3.16. The van der Waals surface area contributed by atoms with Gasteiger partial charge in [0.1, 0.15) is 0 Å². The van der Waals surface area contributed by atoms with Crippen LogP contribution in [0.2, 0.25) is 0 Å². The minimum Gasteiger partial charge on any atom is -0.371 e. The summed E-state index contributed by atoms with van der Waals surface area (Å²) in [5.74, 6) is 1.27. The Balaban J connectivity index is 1.46. The maximum absolute atomic E-state index is 12.8. The molecule has 5 nitrogen and oxygen atoms in total. The van der Waals surface area contributed by atoms with E-state index in [2.05, 4.69) is 31.0 Å². The fraction of sp³-hybridized carbons (Fsp3) is 0.708. The Kier molecular flexibility index (Phi) is 7.16. The molecule has 1 aromatic rings. The van der Waals surface area contributed by atoms with Crippen molar-refractivity contribution in [3.05, 3.63) is 24.3 Å². The number of carbonyl (C=O) groups is 1. The second-order valence-electron chi connectivity index (χ2n) is 10.1. The van der Waals surface area contributed by atoms with Crippen LogP contribution < -0.4 is 10.2 Å². The lowest BCUT2D eigenvalue weighted by Gasteiger charge is -2.38. The average molecular weight is 435 g/mol. The van der Waals surface area contributed by atoms with E-state index < -0.39 is 9.84 Å². The van der Waals surface area contributed by atoms with Crippen molar-refractivity contribution < 1.29 is 13.2 Å². The van der Waals surface area contributed by atoms with Gasteiger partial charge in [0.25, 0.3) is 0 Å². The molecule has 1 aromatic carbocycles. The zero-order chi connectivity index (χ0) is 21.9. The van der Waals surface area contributed by atoms with Crippen molar-refractivity contribution in [1.82, 2.24) is 5.32 Å². The monoisotopic (exact) mass is 434 g/mol. The number of sulfone groups is 1. The SMILES string of the molecule is CCS(=O)(=O)c1ccc(N2CCC(NC(=O)C3CCC(C(C)(C)C)CC3)CC2)cc1. The van der Waals surface area contributed by atoms with Crippen LogP contribution in [0.25, 0.3) is 0 Å². The molecule has 3 rings (SSSR count). The fourth-order valence-corrected chi connectivity index (χ4v) is 5.74. The summed E-state index contributed by atoms with van der Waals surface area (Å²) in [4.78, 5) is 15.4. The number of carbonyl (C=O) groups excluding carboxylic acids is 1. The van der Waals surface area contributed by atoms with Gasteiger partial charge in [0.05, 0.1) is 10.6 Å². The van der Waals surface area contributed by atoms with Crippen LogP contribution in [-0.4, -0.2) is 39.2 Å². The third-order valence-electron chi connectivity index (χ3n) is 7.11. The van der Waals surface area contributed by atoms with Crippen LogP contribution in [0.5, 0.6) is 0 Å². The molecule has 1 saturated carbocycles. The van der Waals surface area contributed by atoms with E-state index in [0.29, 0.717) is 10.3 Å². The first-order valence-corrected chi connectivity index (χ1v) is 13.1. The Labute approximate surface area is 182 Å². The molecule has 1 aliphatic carbocycles. The van der Waals surface area contributed by atoms with Crippen LogP contribution in [0.4, 0.5) is 5.69 Å². The standard InChI is InChI=1S/C24H38N2O3S/c1-5-30(28,29)22-12-10-21(11-13-22)26-16-14-20(15-17-26)25-23(27)18-6-8-19(9-7-18)24(2,3)4/h10-13,18-20H,5-9,14-17H2,1-4H3,(H,25,27). The molecule has 1 N–H and O–H groups in total.